The standard InChI is InChI=1S/C74H132O6/c1-4-7-10-13-16-19-22-24-26-28-29-30-31-32-33-34-35-36-37-38-39-40-41-42-43-44-45-47-48-50-52-55-58-61-64-67-73(76)79-70-71(69-78-72(75)66-63-60-57-54-21-18-15-12-9-6-3)80-74(77)68-65-62-59-56-53-51-49-46-27-25-23-20-17-14-11-8-5-2/h8,11-12,15,17,20,22,24-25,27-29,71H,4-7,9-10,13-14,16,18-19,21,23,26,30-70H2,1-3H3/b11-8-,15-12-,20-17-,24-22-,27-25-,29-28-. The first-order chi connectivity index (χ1) is 39.5. The van der Waals surface area contributed by atoms with Gasteiger partial charge in [-0.05, 0) is 103 Å². The maximum atomic E-state index is 12.9. The Morgan fingerprint density at radius 2 is 0.512 bits per heavy atom. The number of esters is 3. The summed E-state index contributed by atoms with van der Waals surface area (Å²) in [5.74, 6) is -0.884. The summed E-state index contributed by atoms with van der Waals surface area (Å²) in [7, 11) is 0. The quantitative estimate of drug-likeness (QED) is 0.0261. The first-order valence-electron chi connectivity index (χ1n) is 34.9. The molecule has 0 aromatic rings. The lowest BCUT2D eigenvalue weighted by molar-refractivity contribution is -0.167. The minimum Gasteiger partial charge on any atom is -0.462 e. The molecule has 6 heteroatoms. The predicted octanol–water partition coefficient (Wildman–Crippen LogP) is 24.1. The molecule has 0 bridgehead atoms. The van der Waals surface area contributed by atoms with Gasteiger partial charge < -0.3 is 14.2 Å². The second-order valence-corrected chi connectivity index (χ2v) is 23.4. The third-order valence-electron chi connectivity index (χ3n) is 15.4. The molecule has 0 spiro atoms. The van der Waals surface area contributed by atoms with E-state index in [-0.39, 0.29) is 31.1 Å². The molecule has 80 heavy (non-hydrogen) atoms. The van der Waals surface area contributed by atoms with Crippen LogP contribution >= 0.6 is 0 Å². The van der Waals surface area contributed by atoms with Crippen molar-refractivity contribution in [3.8, 4) is 0 Å². The van der Waals surface area contributed by atoms with Crippen molar-refractivity contribution in [3.05, 3.63) is 72.9 Å². The van der Waals surface area contributed by atoms with Crippen molar-refractivity contribution in [2.75, 3.05) is 13.2 Å². The Kier molecular flexibility index (Phi) is 65.7. The second-order valence-electron chi connectivity index (χ2n) is 23.4. The van der Waals surface area contributed by atoms with E-state index in [1.54, 1.807) is 0 Å². The molecule has 0 rings (SSSR count). The largest absolute Gasteiger partial charge is 0.462 e. The Hall–Kier alpha value is -3.15. The minimum atomic E-state index is -0.782. The first-order valence-corrected chi connectivity index (χ1v) is 34.9. The summed E-state index contributed by atoms with van der Waals surface area (Å²) < 4.78 is 16.9. The first kappa shape index (κ1) is 76.9. The number of unbranched alkanes of at least 4 members (excludes halogenated alkanes) is 41. The number of carbonyl (C=O) groups excluding carboxylic acids is 3. The van der Waals surface area contributed by atoms with Crippen LogP contribution in [-0.2, 0) is 28.6 Å². The fourth-order valence-corrected chi connectivity index (χ4v) is 10.2. The molecule has 0 N–H and O–H groups in total. The number of hydrogen-bond donors (Lipinski definition) is 0. The molecule has 0 aliphatic carbocycles. The van der Waals surface area contributed by atoms with Gasteiger partial charge in [0.05, 0.1) is 0 Å². The highest BCUT2D eigenvalue weighted by molar-refractivity contribution is 5.71. The molecular formula is C74H132O6. The maximum absolute atomic E-state index is 12.9. The number of carbonyl (C=O) groups is 3. The Labute approximate surface area is 497 Å². The van der Waals surface area contributed by atoms with Gasteiger partial charge in [-0.3, -0.25) is 14.4 Å². The molecule has 0 aliphatic heterocycles. The van der Waals surface area contributed by atoms with Crippen LogP contribution in [0.1, 0.15) is 361 Å². The third kappa shape index (κ3) is 65.7. The molecule has 0 radical (unpaired) electrons. The van der Waals surface area contributed by atoms with Gasteiger partial charge in [-0.1, -0.05) is 312 Å². The second kappa shape index (κ2) is 68.3. The van der Waals surface area contributed by atoms with E-state index in [0.717, 1.165) is 103 Å². The van der Waals surface area contributed by atoms with Gasteiger partial charge >= 0.3 is 17.9 Å². The zero-order chi connectivity index (χ0) is 57.8. The van der Waals surface area contributed by atoms with Crippen LogP contribution in [0.3, 0.4) is 0 Å². The highest BCUT2D eigenvalue weighted by atomic mass is 16.6. The van der Waals surface area contributed by atoms with Crippen LogP contribution in [0.25, 0.3) is 0 Å². The van der Waals surface area contributed by atoms with Gasteiger partial charge in [0.15, 0.2) is 6.10 Å². The van der Waals surface area contributed by atoms with Gasteiger partial charge in [0.2, 0.25) is 0 Å². The molecule has 0 saturated heterocycles. The molecule has 0 aromatic heterocycles. The van der Waals surface area contributed by atoms with E-state index in [0.29, 0.717) is 19.3 Å². The molecule has 0 saturated carbocycles. The van der Waals surface area contributed by atoms with Crippen molar-refractivity contribution in [2.45, 2.75) is 367 Å². The van der Waals surface area contributed by atoms with E-state index >= 15 is 0 Å². The third-order valence-corrected chi connectivity index (χ3v) is 15.4. The Bertz CT molecular complexity index is 1470. The Balaban J connectivity index is 4.03. The molecule has 0 aromatic carbocycles. The van der Waals surface area contributed by atoms with Gasteiger partial charge in [0, 0.05) is 19.3 Å². The van der Waals surface area contributed by atoms with Crippen LogP contribution in [0.4, 0.5) is 0 Å². The minimum absolute atomic E-state index is 0.0787. The molecule has 464 valence electrons. The fraction of sp³-hybridized carbons (Fsp3) is 0.797. The van der Waals surface area contributed by atoms with Gasteiger partial charge in [0.25, 0.3) is 0 Å². The number of allylic oxidation sites excluding steroid dienone is 12. The Morgan fingerprint density at radius 3 is 0.825 bits per heavy atom. The molecule has 6 nitrogen and oxygen atoms in total. The van der Waals surface area contributed by atoms with Crippen molar-refractivity contribution in [2.24, 2.45) is 0 Å². The molecule has 1 atom stereocenters. The lowest BCUT2D eigenvalue weighted by Gasteiger charge is -2.18. The molecule has 0 aliphatic rings. The van der Waals surface area contributed by atoms with Gasteiger partial charge in [-0.2, -0.15) is 0 Å². The van der Waals surface area contributed by atoms with E-state index in [9.17, 15) is 14.4 Å². The zero-order valence-corrected chi connectivity index (χ0v) is 53.3. The smallest absolute Gasteiger partial charge is 0.306 e. The van der Waals surface area contributed by atoms with Crippen molar-refractivity contribution >= 4 is 17.9 Å². The number of ether oxygens (including phenoxy) is 3. The molecular weight excluding hydrogens is 985 g/mol. The van der Waals surface area contributed by atoms with Crippen LogP contribution in [0.5, 0.6) is 0 Å². The molecule has 0 fully saturated rings. The molecule has 0 heterocycles. The average Bonchev–Trinajstić information content (AvgIpc) is 3.46. The normalized spacial score (nSPS) is 12.5. The van der Waals surface area contributed by atoms with Crippen LogP contribution in [0, 0.1) is 0 Å². The van der Waals surface area contributed by atoms with Gasteiger partial charge in [0.1, 0.15) is 13.2 Å². The number of hydrogen-bond acceptors (Lipinski definition) is 6. The monoisotopic (exact) mass is 1120 g/mol. The summed E-state index contributed by atoms with van der Waals surface area (Å²) in [6.45, 7) is 6.48. The van der Waals surface area contributed by atoms with E-state index in [1.807, 2.05) is 0 Å². The predicted molar refractivity (Wildman–Crippen MR) is 348 cm³/mol. The highest BCUT2D eigenvalue weighted by Gasteiger charge is 2.19. The lowest BCUT2D eigenvalue weighted by atomic mass is 10.0. The van der Waals surface area contributed by atoms with E-state index < -0.39 is 6.10 Å². The van der Waals surface area contributed by atoms with Gasteiger partial charge in [-0.25, -0.2) is 0 Å². The van der Waals surface area contributed by atoms with E-state index in [1.165, 1.54) is 218 Å². The van der Waals surface area contributed by atoms with Crippen LogP contribution in [-0.4, -0.2) is 37.2 Å². The topological polar surface area (TPSA) is 78.9 Å². The number of rotatable bonds is 64. The van der Waals surface area contributed by atoms with Crippen LogP contribution in [0.2, 0.25) is 0 Å². The van der Waals surface area contributed by atoms with Crippen molar-refractivity contribution in [3.63, 3.8) is 0 Å². The summed E-state index contributed by atoms with van der Waals surface area (Å²) in [6, 6.07) is 0. The Morgan fingerprint density at radius 1 is 0.263 bits per heavy atom. The summed E-state index contributed by atoms with van der Waals surface area (Å²) in [5, 5.41) is 0. The van der Waals surface area contributed by atoms with E-state index in [2.05, 4.69) is 93.7 Å². The SMILES string of the molecule is CC/C=C\C/C=C\C/C=C\CCCCCCCCCC(=O)OC(COC(=O)CCCCCCC/C=C\CCC)COC(=O)CCCCCCCCCCCCCCCCCCCCCCCCC/C=C\C/C=C\CCCCCCC. The lowest BCUT2D eigenvalue weighted by Crippen LogP contribution is -2.30. The summed E-state index contributed by atoms with van der Waals surface area (Å²) in [4.78, 5) is 38.2. The highest BCUT2D eigenvalue weighted by Crippen LogP contribution is 2.18. The average molecular weight is 1120 g/mol. The summed E-state index contributed by atoms with van der Waals surface area (Å²) in [6.07, 6.45) is 89.6. The van der Waals surface area contributed by atoms with Crippen molar-refractivity contribution in [1.82, 2.24) is 0 Å². The van der Waals surface area contributed by atoms with Crippen molar-refractivity contribution in [1.29, 1.82) is 0 Å². The maximum Gasteiger partial charge on any atom is 0.306 e. The van der Waals surface area contributed by atoms with Gasteiger partial charge in [-0.15, -0.1) is 0 Å². The van der Waals surface area contributed by atoms with E-state index in [4.69, 9.17) is 14.2 Å². The molecule has 1 unspecified atom stereocenters. The van der Waals surface area contributed by atoms with Crippen LogP contribution in [0.15, 0.2) is 72.9 Å². The zero-order valence-electron chi connectivity index (χ0n) is 53.3. The van der Waals surface area contributed by atoms with Crippen LogP contribution < -0.4 is 0 Å². The summed E-state index contributed by atoms with van der Waals surface area (Å²) in [5.41, 5.74) is 0. The van der Waals surface area contributed by atoms with Crippen molar-refractivity contribution < 1.29 is 28.6 Å². The molecule has 0 amide bonds. The fourth-order valence-electron chi connectivity index (χ4n) is 10.2. The summed E-state index contributed by atoms with van der Waals surface area (Å²) >= 11 is 0.